The molecule has 0 spiro atoms. The van der Waals surface area contributed by atoms with Crippen LogP contribution in [0.25, 0.3) is 0 Å². The zero-order valence-electron chi connectivity index (χ0n) is 10.8. The van der Waals surface area contributed by atoms with Gasteiger partial charge in [-0.1, -0.05) is 6.07 Å². The van der Waals surface area contributed by atoms with Crippen molar-refractivity contribution in [2.45, 2.75) is 19.3 Å². The molecule has 0 radical (unpaired) electrons. The minimum Gasteiger partial charge on any atom is -0.472 e. The van der Waals surface area contributed by atoms with Crippen LogP contribution in [-0.2, 0) is 19.3 Å². The van der Waals surface area contributed by atoms with Crippen molar-refractivity contribution in [3.8, 4) is 0 Å². The Kier molecular flexibility index (Phi) is 3.99. The fourth-order valence-corrected chi connectivity index (χ4v) is 1.86. The number of nitrogens with zero attached hydrogens (tertiary/aromatic N) is 2. The van der Waals surface area contributed by atoms with E-state index in [0.717, 1.165) is 11.6 Å². The highest BCUT2D eigenvalue weighted by Gasteiger charge is 2.33. The number of rotatable bonds is 4. The van der Waals surface area contributed by atoms with Gasteiger partial charge in [0.15, 0.2) is 0 Å². The lowest BCUT2D eigenvalue weighted by atomic mass is 10.2. The Morgan fingerprint density at radius 3 is 2.60 bits per heavy atom. The van der Waals surface area contributed by atoms with E-state index >= 15 is 0 Å². The third kappa shape index (κ3) is 3.11. The molecule has 7 heteroatoms. The molecule has 0 saturated heterocycles. The Balaban J connectivity index is 2.32. The summed E-state index contributed by atoms with van der Waals surface area (Å²) in [5.41, 5.74) is 6.03. The zero-order chi connectivity index (χ0) is 14.8. The van der Waals surface area contributed by atoms with E-state index in [1.54, 1.807) is 18.0 Å². The zero-order valence-corrected chi connectivity index (χ0v) is 10.8. The lowest BCUT2D eigenvalue weighted by Gasteiger charge is -2.21. The molecule has 0 atom stereocenters. The standard InChI is InChI=1S/C13H14F3N3O/c1-19(7-9-4-5-20-8-9)12-10(6-17)2-3-11(18-12)13(14,15)16/h2-5,8H,6-7,17H2,1H3. The minimum atomic E-state index is -4.47. The second-order valence-corrected chi connectivity index (χ2v) is 4.37. The summed E-state index contributed by atoms with van der Waals surface area (Å²) in [4.78, 5) is 5.30. The van der Waals surface area contributed by atoms with Crippen molar-refractivity contribution < 1.29 is 17.6 Å². The number of hydrogen-bond acceptors (Lipinski definition) is 4. The molecule has 2 heterocycles. The number of anilines is 1. The lowest BCUT2D eigenvalue weighted by Crippen LogP contribution is -2.22. The molecule has 108 valence electrons. The first-order chi connectivity index (χ1) is 9.41. The average Bonchev–Trinajstić information content (AvgIpc) is 2.89. The van der Waals surface area contributed by atoms with Crippen LogP contribution in [-0.4, -0.2) is 12.0 Å². The van der Waals surface area contributed by atoms with E-state index < -0.39 is 11.9 Å². The van der Waals surface area contributed by atoms with Gasteiger partial charge in [-0.15, -0.1) is 0 Å². The van der Waals surface area contributed by atoms with Crippen LogP contribution in [0.5, 0.6) is 0 Å². The van der Waals surface area contributed by atoms with Crippen molar-refractivity contribution in [1.82, 2.24) is 4.98 Å². The molecule has 2 aromatic heterocycles. The van der Waals surface area contributed by atoms with Crippen molar-refractivity contribution in [1.29, 1.82) is 0 Å². The molecule has 20 heavy (non-hydrogen) atoms. The molecule has 0 aromatic carbocycles. The topological polar surface area (TPSA) is 55.3 Å². The fraction of sp³-hybridized carbons (Fsp3) is 0.308. The van der Waals surface area contributed by atoms with Crippen molar-refractivity contribution in [2.24, 2.45) is 5.73 Å². The normalized spacial score (nSPS) is 11.7. The first-order valence-electron chi connectivity index (χ1n) is 5.91. The van der Waals surface area contributed by atoms with E-state index in [0.29, 0.717) is 12.1 Å². The van der Waals surface area contributed by atoms with Crippen LogP contribution in [0.3, 0.4) is 0 Å². The van der Waals surface area contributed by atoms with Gasteiger partial charge in [0.25, 0.3) is 0 Å². The van der Waals surface area contributed by atoms with Gasteiger partial charge in [0.05, 0.1) is 12.5 Å². The third-order valence-corrected chi connectivity index (χ3v) is 2.83. The molecule has 0 saturated carbocycles. The van der Waals surface area contributed by atoms with Crippen LogP contribution < -0.4 is 10.6 Å². The summed E-state index contributed by atoms with van der Waals surface area (Å²) in [5, 5.41) is 0. The van der Waals surface area contributed by atoms with Gasteiger partial charge in [-0.2, -0.15) is 13.2 Å². The van der Waals surface area contributed by atoms with Crippen LogP contribution in [0.1, 0.15) is 16.8 Å². The predicted molar refractivity (Wildman–Crippen MR) is 67.9 cm³/mol. The fourth-order valence-electron chi connectivity index (χ4n) is 1.86. The number of nitrogens with two attached hydrogens (primary N) is 1. The van der Waals surface area contributed by atoms with Gasteiger partial charge in [-0.3, -0.25) is 0 Å². The minimum absolute atomic E-state index is 0.121. The van der Waals surface area contributed by atoms with Crippen molar-refractivity contribution >= 4 is 5.82 Å². The highest BCUT2D eigenvalue weighted by Crippen LogP contribution is 2.30. The SMILES string of the molecule is CN(Cc1ccoc1)c1nc(C(F)(F)F)ccc1CN. The largest absolute Gasteiger partial charge is 0.472 e. The summed E-state index contributed by atoms with van der Waals surface area (Å²) < 4.78 is 43.1. The third-order valence-electron chi connectivity index (χ3n) is 2.83. The van der Waals surface area contributed by atoms with E-state index in [1.165, 1.54) is 18.6 Å². The van der Waals surface area contributed by atoms with Crippen molar-refractivity contribution in [2.75, 3.05) is 11.9 Å². The molecular formula is C13H14F3N3O. The molecule has 0 unspecified atom stereocenters. The molecule has 4 nitrogen and oxygen atoms in total. The Hall–Kier alpha value is -2.02. The van der Waals surface area contributed by atoms with Crippen LogP contribution in [0, 0.1) is 0 Å². The maximum Gasteiger partial charge on any atom is 0.433 e. The highest BCUT2D eigenvalue weighted by atomic mass is 19.4. The van der Waals surface area contributed by atoms with Gasteiger partial charge in [-0.05, 0) is 12.1 Å². The van der Waals surface area contributed by atoms with E-state index in [9.17, 15) is 13.2 Å². The van der Waals surface area contributed by atoms with E-state index in [1.807, 2.05) is 0 Å². The van der Waals surface area contributed by atoms with Crippen molar-refractivity contribution in [3.63, 3.8) is 0 Å². The van der Waals surface area contributed by atoms with Gasteiger partial charge in [0.1, 0.15) is 11.5 Å². The van der Waals surface area contributed by atoms with E-state index in [-0.39, 0.29) is 12.4 Å². The smallest absolute Gasteiger partial charge is 0.433 e. The number of halogens is 3. The van der Waals surface area contributed by atoms with Gasteiger partial charge in [0.2, 0.25) is 0 Å². The summed E-state index contributed by atoms with van der Waals surface area (Å²) in [6, 6.07) is 4.04. The summed E-state index contributed by atoms with van der Waals surface area (Å²) >= 11 is 0. The quantitative estimate of drug-likeness (QED) is 0.938. The van der Waals surface area contributed by atoms with Crippen molar-refractivity contribution in [3.05, 3.63) is 47.5 Å². The second-order valence-electron chi connectivity index (χ2n) is 4.37. The molecule has 2 rings (SSSR count). The Bertz CT molecular complexity index is 567. The molecule has 0 aliphatic rings. The van der Waals surface area contributed by atoms with Crippen LogP contribution in [0.15, 0.2) is 35.1 Å². The molecule has 0 fully saturated rings. The van der Waals surface area contributed by atoms with Gasteiger partial charge in [-0.25, -0.2) is 4.98 Å². The summed E-state index contributed by atoms with van der Waals surface area (Å²) in [6.45, 7) is 0.508. The Labute approximate surface area is 114 Å². The Morgan fingerprint density at radius 2 is 2.05 bits per heavy atom. The van der Waals surface area contributed by atoms with Crippen LogP contribution in [0.2, 0.25) is 0 Å². The summed E-state index contributed by atoms with van der Waals surface area (Å²) in [7, 11) is 1.66. The number of hydrogen-bond donors (Lipinski definition) is 1. The first kappa shape index (κ1) is 14.4. The maximum atomic E-state index is 12.7. The Morgan fingerprint density at radius 1 is 1.30 bits per heavy atom. The summed E-state index contributed by atoms with van der Waals surface area (Å²) in [6.07, 6.45) is -1.43. The van der Waals surface area contributed by atoms with E-state index in [2.05, 4.69) is 4.98 Å². The maximum absolute atomic E-state index is 12.7. The summed E-state index contributed by atoms with van der Waals surface area (Å²) in [5.74, 6) is 0.225. The molecule has 0 bridgehead atoms. The molecule has 0 aliphatic carbocycles. The number of furan rings is 1. The first-order valence-corrected chi connectivity index (χ1v) is 5.91. The van der Waals surface area contributed by atoms with Gasteiger partial charge >= 0.3 is 6.18 Å². The van der Waals surface area contributed by atoms with E-state index in [4.69, 9.17) is 10.2 Å². The molecule has 2 N–H and O–H groups in total. The number of alkyl halides is 3. The van der Waals surface area contributed by atoms with Crippen LogP contribution >= 0.6 is 0 Å². The monoisotopic (exact) mass is 285 g/mol. The lowest BCUT2D eigenvalue weighted by molar-refractivity contribution is -0.141. The molecule has 0 aliphatic heterocycles. The average molecular weight is 285 g/mol. The van der Waals surface area contributed by atoms with Gasteiger partial charge < -0.3 is 15.1 Å². The second kappa shape index (κ2) is 5.54. The molecule has 2 aromatic rings. The van der Waals surface area contributed by atoms with Crippen LogP contribution in [0.4, 0.5) is 19.0 Å². The molecule has 0 amide bonds. The molecular weight excluding hydrogens is 271 g/mol. The van der Waals surface area contributed by atoms with Gasteiger partial charge in [0, 0.05) is 31.3 Å². The predicted octanol–water partition coefficient (Wildman–Crippen LogP) is 2.79. The number of pyridine rings is 1. The highest BCUT2D eigenvalue weighted by molar-refractivity contribution is 5.48. The number of aromatic nitrogens is 1.